The quantitative estimate of drug-likeness (QED) is 0.623. The maximum Gasteiger partial charge on any atom is 0.251 e. The molecule has 6 nitrogen and oxygen atoms in total. The molecule has 142 valence electrons. The first kappa shape index (κ1) is 20.5. The summed E-state index contributed by atoms with van der Waals surface area (Å²) >= 11 is 3.38. The number of carbonyl (C=O) groups is 2. The molecule has 7 heteroatoms. The number of methoxy groups -OCH3 is 1. The number of halogens is 1. The smallest absolute Gasteiger partial charge is 0.251 e. The molecule has 0 spiro atoms. The summed E-state index contributed by atoms with van der Waals surface area (Å²) in [5.74, 6) is 0.245. The predicted octanol–water partition coefficient (Wildman–Crippen LogP) is 3.70. The molecule has 27 heavy (non-hydrogen) atoms. The first-order valence-corrected chi connectivity index (χ1v) is 9.00. The molecule has 0 aliphatic rings. The fraction of sp³-hybridized carbons (Fsp3) is 0.200. The zero-order chi connectivity index (χ0) is 19.8. The highest BCUT2D eigenvalue weighted by molar-refractivity contribution is 9.10. The van der Waals surface area contributed by atoms with Gasteiger partial charge in [-0.25, -0.2) is 0 Å². The summed E-state index contributed by atoms with van der Waals surface area (Å²) in [4.78, 5) is 24.4. The normalized spacial score (nSPS) is 10.0. The summed E-state index contributed by atoms with van der Waals surface area (Å²) in [7, 11) is 1.49. The van der Waals surface area contributed by atoms with Crippen LogP contribution >= 0.6 is 15.9 Å². The van der Waals surface area contributed by atoms with Crippen molar-refractivity contribution < 1.29 is 19.1 Å². The molecule has 2 rings (SSSR count). The molecule has 0 heterocycles. The Morgan fingerprint density at radius 1 is 1.19 bits per heavy atom. The van der Waals surface area contributed by atoms with Crippen LogP contribution in [0.1, 0.15) is 15.9 Å². The number of benzene rings is 2. The maximum atomic E-state index is 12.3. The Bertz CT molecular complexity index is 852. The average Bonchev–Trinajstić information content (AvgIpc) is 2.66. The van der Waals surface area contributed by atoms with Gasteiger partial charge in [0.1, 0.15) is 6.61 Å². The van der Waals surface area contributed by atoms with Crippen molar-refractivity contribution in [3.05, 3.63) is 64.7 Å². The zero-order valence-corrected chi connectivity index (χ0v) is 16.8. The van der Waals surface area contributed by atoms with E-state index in [1.807, 2.05) is 19.1 Å². The lowest BCUT2D eigenvalue weighted by atomic mass is 10.2. The number of ether oxygens (including phenoxy) is 2. The van der Waals surface area contributed by atoms with Gasteiger partial charge in [-0.2, -0.15) is 0 Å². The number of aryl methyl sites for hydroxylation is 1. The van der Waals surface area contributed by atoms with E-state index < -0.39 is 0 Å². The van der Waals surface area contributed by atoms with Crippen LogP contribution in [0.3, 0.4) is 0 Å². The van der Waals surface area contributed by atoms with E-state index in [0.717, 1.165) is 10.0 Å². The molecule has 0 atom stereocenters. The number of rotatable bonds is 8. The molecule has 2 aromatic carbocycles. The number of anilines is 1. The second kappa shape index (κ2) is 9.78. The van der Waals surface area contributed by atoms with Crippen molar-refractivity contribution in [2.75, 3.05) is 25.6 Å². The Hall–Kier alpha value is -2.80. The van der Waals surface area contributed by atoms with E-state index in [0.29, 0.717) is 29.4 Å². The number of nitrogens with one attached hydrogen (secondary N) is 2. The van der Waals surface area contributed by atoms with Crippen molar-refractivity contribution in [2.24, 2.45) is 0 Å². The van der Waals surface area contributed by atoms with Crippen molar-refractivity contribution in [3.8, 4) is 11.5 Å². The number of hydrogen-bond acceptors (Lipinski definition) is 4. The molecule has 0 aliphatic heterocycles. The van der Waals surface area contributed by atoms with Crippen LogP contribution in [0, 0.1) is 6.92 Å². The number of amides is 2. The van der Waals surface area contributed by atoms with E-state index in [4.69, 9.17) is 9.47 Å². The molecule has 2 N–H and O–H groups in total. The van der Waals surface area contributed by atoms with Crippen LogP contribution in [0.5, 0.6) is 11.5 Å². The fourth-order valence-corrected chi connectivity index (χ4v) is 2.78. The monoisotopic (exact) mass is 432 g/mol. The van der Waals surface area contributed by atoms with E-state index in [1.54, 1.807) is 30.3 Å². The molecule has 0 aliphatic carbocycles. The largest absolute Gasteiger partial charge is 0.493 e. The summed E-state index contributed by atoms with van der Waals surface area (Å²) in [5.41, 5.74) is 1.98. The van der Waals surface area contributed by atoms with Crippen LogP contribution in [0.25, 0.3) is 0 Å². The van der Waals surface area contributed by atoms with Gasteiger partial charge in [0, 0.05) is 15.7 Å². The molecular formula is C20H21BrN2O4. The van der Waals surface area contributed by atoms with E-state index in [9.17, 15) is 9.59 Å². The molecule has 0 fully saturated rings. The zero-order valence-electron chi connectivity index (χ0n) is 15.2. The van der Waals surface area contributed by atoms with Gasteiger partial charge >= 0.3 is 0 Å². The molecule has 0 aromatic heterocycles. The summed E-state index contributed by atoms with van der Waals surface area (Å²) in [5, 5.41) is 5.36. The Morgan fingerprint density at radius 2 is 1.96 bits per heavy atom. The van der Waals surface area contributed by atoms with E-state index >= 15 is 0 Å². The van der Waals surface area contributed by atoms with Gasteiger partial charge in [0.15, 0.2) is 11.5 Å². The second-order valence-electron chi connectivity index (χ2n) is 5.66. The second-order valence-corrected chi connectivity index (χ2v) is 6.57. The molecular weight excluding hydrogens is 412 g/mol. The van der Waals surface area contributed by atoms with Crippen LogP contribution in [0.2, 0.25) is 0 Å². The van der Waals surface area contributed by atoms with E-state index in [-0.39, 0.29) is 18.4 Å². The number of carbonyl (C=O) groups excluding carboxylic acids is 2. The minimum Gasteiger partial charge on any atom is -0.493 e. The van der Waals surface area contributed by atoms with Crippen LogP contribution in [-0.2, 0) is 4.79 Å². The minimum atomic E-state index is -0.383. The lowest BCUT2D eigenvalue weighted by Gasteiger charge is -2.12. The summed E-state index contributed by atoms with van der Waals surface area (Å²) < 4.78 is 11.6. The van der Waals surface area contributed by atoms with Crippen LogP contribution in [0.15, 0.2) is 53.5 Å². The van der Waals surface area contributed by atoms with Crippen LogP contribution < -0.4 is 20.1 Å². The molecule has 0 bridgehead atoms. The van der Waals surface area contributed by atoms with Gasteiger partial charge < -0.3 is 20.1 Å². The van der Waals surface area contributed by atoms with Crippen molar-refractivity contribution in [2.45, 2.75) is 6.92 Å². The Morgan fingerprint density at radius 3 is 2.63 bits per heavy atom. The minimum absolute atomic E-state index is 0.147. The van der Waals surface area contributed by atoms with Gasteiger partial charge in [-0.1, -0.05) is 28.6 Å². The first-order valence-electron chi connectivity index (χ1n) is 8.20. The average molecular weight is 433 g/mol. The lowest BCUT2D eigenvalue weighted by molar-refractivity contribution is -0.115. The topological polar surface area (TPSA) is 76.7 Å². The standard InChI is InChI=1S/C20H21BrN2O4/c1-4-9-27-17-8-5-14(11-18(17)26-3)20(25)22-12-19(24)23-16-7-6-15(21)10-13(16)2/h4-8,10-11H,1,9,12H2,2-3H3,(H,22,25)(H,23,24). The van der Waals surface area contributed by atoms with Gasteiger partial charge in [0.25, 0.3) is 5.91 Å². The molecule has 0 unspecified atom stereocenters. The molecule has 0 saturated heterocycles. The lowest BCUT2D eigenvalue weighted by Crippen LogP contribution is -2.33. The van der Waals surface area contributed by atoms with Crippen molar-refractivity contribution >= 4 is 33.4 Å². The fourth-order valence-electron chi connectivity index (χ4n) is 2.30. The Kier molecular flexibility index (Phi) is 7.43. The van der Waals surface area contributed by atoms with Gasteiger partial charge in [-0.15, -0.1) is 0 Å². The van der Waals surface area contributed by atoms with Crippen molar-refractivity contribution in [3.63, 3.8) is 0 Å². The third kappa shape index (κ3) is 5.86. The predicted molar refractivity (Wildman–Crippen MR) is 109 cm³/mol. The van der Waals surface area contributed by atoms with Crippen molar-refractivity contribution in [1.82, 2.24) is 5.32 Å². The number of hydrogen-bond donors (Lipinski definition) is 2. The molecule has 2 aromatic rings. The highest BCUT2D eigenvalue weighted by Crippen LogP contribution is 2.28. The first-order chi connectivity index (χ1) is 12.9. The summed E-state index contributed by atoms with van der Waals surface area (Å²) in [6.45, 7) is 5.66. The van der Waals surface area contributed by atoms with Crippen LogP contribution in [0.4, 0.5) is 5.69 Å². The van der Waals surface area contributed by atoms with Gasteiger partial charge in [-0.05, 0) is 48.9 Å². The molecule has 2 amide bonds. The van der Waals surface area contributed by atoms with E-state index in [2.05, 4.69) is 33.1 Å². The third-order valence-corrected chi connectivity index (χ3v) is 4.15. The molecule has 0 saturated carbocycles. The Labute approximate surface area is 166 Å². The highest BCUT2D eigenvalue weighted by atomic mass is 79.9. The maximum absolute atomic E-state index is 12.3. The van der Waals surface area contributed by atoms with E-state index in [1.165, 1.54) is 7.11 Å². The van der Waals surface area contributed by atoms with Crippen molar-refractivity contribution in [1.29, 1.82) is 0 Å². The SMILES string of the molecule is C=CCOc1ccc(C(=O)NCC(=O)Nc2ccc(Br)cc2C)cc1OC. The summed E-state index contributed by atoms with van der Waals surface area (Å²) in [6, 6.07) is 10.3. The van der Waals surface area contributed by atoms with Gasteiger partial charge in [0.05, 0.1) is 13.7 Å². The third-order valence-electron chi connectivity index (χ3n) is 3.65. The highest BCUT2D eigenvalue weighted by Gasteiger charge is 2.13. The molecule has 0 radical (unpaired) electrons. The van der Waals surface area contributed by atoms with Gasteiger partial charge in [-0.3, -0.25) is 9.59 Å². The Balaban J connectivity index is 1.96. The van der Waals surface area contributed by atoms with Crippen LogP contribution in [-0.4, -0.2) is 32.1 Å². The summed E-state index contributed by atoms with van der Waals surface area (Å²) in [6.07, 6.45) is 1.62. The van der Waals surface area contributed by atoms with Gasteiger partial charge in [0.2, 0.25) is 5.91 Å².